The molecule has 0 aliphatic heterocycles. The lowest BCUT2D eigenvalue weighted by Crippen LogP contribution is -2.21. The Morgan fingerprint density at radius 1 is 0.800 bits per heavy atom. The monoisotopic (exact) mass is 389 g/mol. The van der Waals surface area contributed by atoms with Crippen molar-refractivity contribution >= 4 is 43.6 Å². The number of halogens is 1. The minimum atomic E-state index is -0.131. The van der Waals surface area contributed by atoms with Crippen LogP contribution in [-0.4, -0.2) is 14.0 Å². The van der Waals surface area contributed by atoms with Gasteiger partial charge in [-0.25, -0.2) is 4.98 Å². The molecule has 0 fully saturated rings. The Labute approximate surface area is 151 Å². The lowest BCUT2D eigenvalue weighted by molar-refractivity contribution is 1.02. The van der Waals surface area contributed by atoms with Gasteiger partial charge in [0.15, 0.2) is 0 Å². The summed E-state index contributed by atoms with van der Waals surface area (Å²) in [5.41, 5.74) is 4.64. The van der Waals surface area contributed by atoms with Gasteiger partial charge in [0.25, 0.3) is 5.56 Å². The standard InChI is InChI=1S/C20H12BrN3O/c21-13-10-11-17-18(12-13)23(14-6-2-1-3-7-14)20(25)19-22-15-8-4-5-9-16(15)24(17)19/h1-12H. The van der Waals surface area contributed by atoms with Crippen molar-refractivity contribution in [1.82, 2.24) is 14.0 Å². The van der Waals surface area contributed by atoms with Crippen LogP contribution in [0.4, 0.5) is 0 Å². The Morgan fingerprint density at radius 2 is 1.56 bits per heavy atom. The molecule has 0 amide bonds. The van der Waals surface area contributed by atoms with Gasteiger partial charge in [-0.15, -0.1) is 0 Å². The predicted molar refractivity (Wildman–Crippen MR) is 104 cm³/mol. The lowest BCUT2D eigenvalue weighted by atomic mass is 10.2. The predicted octanol–water partition coefficient (Wildman–Crippen LogP) is 4.55. The Kier molecular flexibility index (Phi) is 3.05. The van der Waals surface area contributed by atoms with E-state index in [2.05, 4.69) is 20.9 Å². The summed E-state index contributed by atoms with van der Waals surface area (Å²) in [6.07, 6.45) is 0. The topological polar surface area (TPSA) is 39.3 Å². The molecule has 2 aromatic heterocycles. The van der Waals surface area contributed by atoms with Crippen LogP contribution in [0.3, 0.4) is 0 Å². The minimum absolute atomic E-state index is 0.131. The molecule has 0 bridgehead atoms. The Bertz CT molecular complexity index is 1320. The van der Waals surface area contributed by atoms with E-state index in [4.69, 9.17) is 0 Å². The lowest BCUT2D eigenvalue weighted by Gasteiger charge is -2.12. The number of aromatic nitrogens is 3. The third-order valence-electron chi connectivity index (χ3n) is 4.39. The van der Waals surface area contributed by atoms with Gasteiger partial charge in [-0.1, -0.05) is 46.3 Å². The summed E-state index contributed by atoms with van der Waals surface area (Å²) in [5, 5.41) is 0. The van der Waals surface area contributed by atoms with Gasteiger partial charge in [0.05, 0.1) is 22.1 Å². The van der Waals surface area contributed by atoms with E-state index in [9.17, 15) is 4.79 Å². The van der Waals surface area contributed by atoms with Gasteiger partial charge in [-0.05, 0) is 42.5 Å². The van der Waals surface area contributed by atoms with Gasteiger partial charge >= 0.3 is 0 Å². The van der Waals surface area contributed by atoms with E-state index >= 15 is 0 Å². The van der Waals surface area contributed by atoms with Gasteiger partial charge in [0, 0.05) is 10.2 Å². The number of hydrogen-bond donors (Lipinski definition) is 0. The van der Waals surface area contributed by atoms with Crippen LogP contribution < -0.4 is 5.56 Å². The highest BCUT2D eigenvalue weighted by atomic mass is 79.9. The first-order valence-corrected chi connectivity index (χ1v) is 8.70. The average Bonchev–Trinajstić information content (AvgIpc) is 3.03. The molecular formula is C20H12BrN3O. The molecule has 4 nitrogen and oxygen atoms in total. The summed E-state index contributed by atoms with van der Waals surface area (Å²) < 4.78 is 4.59. The van der Waals surface area contributed by atoms with Crippen molar-refractivity contribution in [2.45, 2.75) is 0 Å². The molecule has 2 heterocycles. The van der Waals surface area contributed by atoms with Crippen LogP contribution in [-0.2, 0) is 0 Å². The van der Waals surface area contributed by atoms with E-state index in [0.717, 1.165) is 32.2 Å². The molecule has 0 aliphatic carbocycles. The van der Waals surface area contributed by atoms with E-state index in [-0.39, 0.29) is 5.56 Å². The van der Waals surface area contributed by atoms with E-state index in [1.807, 2.05) is 77.2 Å². The maximum atomic E-state index is 13.3. The number of para-hydroxylation sites is 3. The zero-order chi connectivity index (χ0) is 17.0. The maximum Gasteiger partial charge on any atom is 0.299 e. The van der Waals surface area contributed by atoms with Crippen LogP contribution in [0, 0.1) is 0 Å². The first-order valence-electron chi connectivity index (χ1n) is 7.91. The van der Waals surface area contributed by atoms with Crippen LogP contribution in [0.15, 0.2) is 82.1 Å². The summed E-state index contributed by atoms with van der Waals surface area (Å²) in [7, 11) is 0. The van der Waals surface area contributed by atoms with Crippen LogP contribution in [0.2, 0.25) is 0 Å². The fourth-order valence-corrected chi connectivity index (χ4v) is 3.67. The normalized spacial score (nSPS) is 11.6. The second-order valence-electron chi connectivity index (χ2n) is 5.87. The highest BCUT2D eigenvalue weighted by Crippen LogP contribution is 2.25. The minimum Gasteiger partial charge on any atom is -0.286 e. The molecule has 0 N–H and O–H groups in total. The van der Waals surface area contributed by atoms with Crippen LogP contribution in [0.1, 0.15) is 0 Å². The molecule has 5 aromatic rings. The number of nitrogens with zero attached hydrogens (tertiary/aromatic N) is 3. The van der Waals surface area contributed by atoms with Crippen molar-refractivity contribution in [3.8, 4) is 5.69 Å². The summed E-state index contributed by atoms with van der Waals surface area (Å²) in [5.74, 6) is 0. The van der Waals surface area contributed by atoms with Crippen LogP contribution in [0.25, 0.3) is 33.4 Å². The summed E-state index contributed by atoms with van der Waals surface area (Å²) in [6, 6.07) is 23.4. The molecule has 25 heavy (non-hydrogen) atoms. The Hall–Kier alpha value is -2.92. The van der Waals surface area contributed by atoms with E-state index < -0.39 is 0 Å². The zero-order valence-electron chi connectivity index (χ0n) is 13.1. The molecule has 0 unspecified atom stereocenters. The quantitative estimate of drug-likeness (QED) is 0.421. The molecular weight excluding hydrogens is 378 g/mol. The third-order valence-corrected chi connectivity index (χ3v) is 4.88. The van der Waals surface area contributed by atoms with Crippen molar-refractivity contribution in [3.63, 3.8) is 0 Å². The Morgan fingerprint density at radius 3 is 2.40 bits per heavy atom. The first kappa shape index (κ1) is 14.4. The molecule has 0 spiro atoms. The fraction of sp³-hybridized carbons (Fsp3) is 0. The molecule has 0 atom stereocenters. The smallest absolute Gasteiger partial charge is 0.286 e. The molecule has 5 heteroatoms. The molecule has 0 saturated carbocycles. The van der Waals surface area contributed by atoms with Gasteiger partial charge in [0.1, 0.15) is 0 Å². The van der Waals surface area contributed by atoms with Gasteiger partial charge in [-0.2, -0.15) is 0 Å². The van der Waals surface area contributed by atoms with E-state index in [0.29, 0.717) is 5.65 Å². The zero-order valence-corrected chi connectivity index (χ0v) is 14.6. The van der Waals surface area contributed by atoms with Crippen molar-refractivity contribution in [2.75, 3.05) is 0 Å². The summed E-state index contributed by atoms with van der Waals surface area (Å²) in [6.45, 7) is 0. The molecule has 0 aliphatic rings. The number of fused-ring (bicyclic) bond motifs is 5. The van der Waals surface area contributed by atoms with Crippen molar-refractivity contribution in [3.05, 3.63) is 87.6 Å². The molecule has 120 valence electrons. The van der Waals surface area contributed by atoms with Gasteiger partial charge < -0.3 is 0 Å². The third kappa shape index (κ3) is 2.06. The second-order valence-corrected chi connectivity index (χ2v) is 6.78. The number of hydrogen-bond acceptors (Lipinski definition) is 2. The fourth-order valence-electron chi connectivity index (χ4n) is 3.32. The highest BCUT2D eigenvalue weighted by molar-refractivity contribution is 9.10. The van der Waals surface area contributed by atoms with Crippen LogP contribution >= 0.6 is 15.9 Å². The largest absolute Gasteiger partial charge is 0.299 e. The van der Waals surface area contributed by atoms with Crippen molar-refractivity contribution in [1.29, 1.82) is 0 Å². The average molecular weight is 390 g/mol. The van der Waals surface area contributed by atoms with Crippen molar-refractivity contribution < 1.29 is 0 Å². The molecule has 5 rings (SSSR count). The van der Waals surface area contributed by atoms with E-state index in [1.165, 1.54) is 0 Å². The van der Waals surface area contributed by atoms with E-state index in [1.54, 1.807) is 4.57 Å². The summed E-state index contributed by atoms with van der Waals surface area (Å²) in [4.78, 5) is 17.9. The Balaban J connectivity index is 2.10. The maximum absolute atomic E-state index is 13.3. The number of benzene rings is 3. The van der Waals surface area contributed by atoms with Gasteiger partial charge in [0.2, 0.25) is 5.65 Å². The van der Waals surface area contributed by atoms with Crippen molar-refractivity contribution in [2.24, 2.45) is 0 Å². The number of rotatable bonds is 1. The first-order chi connectivity index (χ1) is 12.2. The van der Waals surface area contributed by atoms with Crippen LogP contribution in [0.5, 0.6) is 0 Å². The second kappa shape index (κ2) is 5.29. The van der Waals surface area contributed by atoms with Gasteiger partial charge in [-0.3, -0.25) is 13.8 Å². The molecule has 0 saturated heterocycles. The summed E-state index contributed by atoms with van der Waals surface area (Å²) >= 11 is 3.53. The number of imidazole rings is 1. The SMILES string of the molecule is O=c1c2nc3ccccc3n2c2ccc(Br)cc2n1-c1ccccc1. The highest BCUT2D eigenvalue weighted by Gasteiger charge is 2.16. The molecule has 0 radical (unpaired) electrons. The molecule has 3 aromatic carbocycles.